The van der Waals surface area contributed by atoms with Crippen molar-refractivity contribution in [2.24, 2.45) is 0 Å². The first-order valence-corrected chi connectivity index (χ1v) is 6.43. The van der Waals surface area contributed by atoms with Crippen LogP contribution in [0.5, 0.6) is 5.75 Å². The second-order valence-electron chi connectivity index (χ2n) is 4.66. The van der Waals surface area contributed by atoms with Gasteiger partial charge in [0.1, 0.15) is 12.3 Å². The van der Waals surface area contributed by atoms with E-state index in [2.05, 4.69) is 0 Å². The molecule has 0 aliphatic heterocycles. The van der Waals surface area contributed by atoms with Crippen molar-refractivity contribution in [3.05, 3.63) is 22.8 Å². The van der Waals surface area contributed by atoms with E-state index >= 15 is 0 Å². The molecule has 0 atom stereocenters. The highest BCUT2D eigenvalue weighted by atomic mass is 16.5. The smallest absolute Gasteiger partial charge is 0.325 e. The number of benzene rings is 1. The molecular formula is C15H23NO3. The SMILES string of the molecule is CCOC(=O)CN(C)c1cc(C)c(OC)c(C)c1C. The van der Waals surface area contributed by atoms with Crippen LogP contribution in [0, 0.1) is 20.8 Å². The molecule has 0 saturated carbocycles. The predicted octanol–water partition coefficient (Wildman–Crippen LogP) is 2.62. The predicted molar refractivity (Wildman–Crippen MR) is 77.1 cm³/mol. The Morgan fingerprint density at radius 1 is 1.26 bits per heavy atom. The van der Waals surface area contributed by atoms with Crippen LogP contribution in [-0.4, -0.2) is 33.3 Å². The number of hydrogen-bond donors (Lipinski definition) is 0. The highest BCUT2D eigenvalue weighted by molar-refractivity contribution is 5.77. The standard InChI is InChI=1S/C15H23NO3/c1-7-19-14(17)9-16(5)13-8-10(2)15(18-6)12(4)11(13)3/h8H,7,9H2,1-6H3. The third-order valence-electron chi connectivity index (χ3n) is 3.29. The van der Waals surface area contributed by atoms with E-state index in [1.807, 2.05) is 45.7 Å². The molecule has 0 heterocycles. The molecule has 1 aromatic rings. The van der Waals surface area contributed by atoms with E-state index < -0.39 is 0 Å². The first-order valence-electron chi connectivity index (χ1n) is 6.43. The number of rotatable bonds is 5. The lowest BCUT2D eigenvalue weighted by Gasteiger charge is -2.23. The third-order valence-corrected chi connectivity index (χ3v) is 3.29. The summed E-state index contributed by atoms with van der Waals surface area (Å²) in [4.78, 5) is 13.5. The molecule has 0 radical (unpaired) electrons. The minimum atomic E-state index is -0.212. The zero-order chi connectivity index (χ0) is 14.6. The van der Waals surface area contributed by atoms with Gasteiger partial charge >= 0.3 is 5.97 Å². The van der Waals surface area contributed by atoms with E-state index in [-0.39, 0.29) is 12.5 Å². The van der Waals surface area contributed by atoms with Gasteiger partial charge in [0.15, 0.2) is 0 Å². The van der Waals surface area contributed by atoms with E-state index in [0.717, 1.165) is 28.1 Å². The quantitative estimate of drug-likeness (QED) is 0.767. The van der Waals surface area contributed by atoms with Gasteiger partial charge in [-0.3, -0.25) is 4.79 Å². The van der Waals surface area contributed by atoms with E-state index in [0.29, 0.717) is 6.61 Å². The highest BCUT2D eigenvalue weighted by Crippen LogP contribution is 2.32. The molecule has 0 saturated heterocycles. The number of carbonyl (C=O) groups excluding carboxylic acids is 1. The Labute approximate surface area is 115 Å². The molecule has 4 heteroatoms. The number of ether oxygens (including phenoxy) is 2. The van der Waals surface area contributed by atoms with E-state index in [1.54, 1.807) is 7.11 Å². The normalized spacial score (nSPS) is 10.2. The number of likely N-dealkylation sites (N-methyl/N-ethyl adjacent to an activating group) is 1. The Balaban J connectivity index is 3.04. The van der Waals surface area contributed by atoms with Gasteiger partial charge in [0, 0.05) is 12.7 Å². The maximum Gasteiger partial charge on any atom is 0.325 e. The van der Waals surface area contributed by atoms with Crippen molar-refractivity contribution >= 4 is 11.7 Å². The van der Waals surface area contributed by atoms with Gasteiger partial charge in [0.25, 0.3) is 0 Å². The largest absolute Gasteiger partial charge is 0.496 e. The molecule has 1 aromatic carbocycles. The molecule has 0 spiro atoms. The van der Waals surface area contributed by atoms with Crippen LogP contribution in [0.25, 0.3) is 0 Å². The Bertz CT molecular complexity index is 469. The van der Waals surface area contributed by atoms with E-state index in [4.69, 9.17) is 9.47 Å². The number of carbonyl (C=O) groups is 1. The summed E-state index contributed by atoms with van der Waals surface area (Å²) in [6, 6.07) is 2.04. The summed E-state index contributed by atoms with van der Waals surface area (Å²) >= 11 is 0. The molecule has 0 fully saturated rings. The van der Waals surface area contributed by atoms with Crippen LogP contribution in [0.15, 0.2) is 6.07 Å². The fourth-order valence-corrected chi connectivity index (χ4v) is 2.23. The maximum absolute atomic E-state index is 11.5. The number of hydrogen-bond acceptors (Lipinski definition) is 4. The van der Waals surface area contributed by atoms with Crippen LogP contribution >= 0.6 is 0 Å². The average molecular weight is 265 g/mol. The average Bonchev–Trinajstić information content (AvgIpc) is 2.34. The van der Waals surface area contributed by atoms with Crippen molar-refractivity contribution in [2.45, 2.75) is 27.7 Å². The molecule has 0 amide bonds. The minimum Gasteiger partial charge on any atom is -0.496 e. The Morgan fingerprint density at radius 2 is 1.89 bits per heavy atom. The fourth-order valence-electron chi connectivity index (χ4n) is 2.23. The molecule has 0 aromatic heterocycles. The summed E-state index contributed by atoms with van der Waals surface area (Å²) in [5, 5.41) is 0. The summed E-state index contributed by atoms with van der Waals surface area (Å²) < 4.78 is 10.4. The molecule has 0 N–H and O–H groups in total. The number of methoxy groups -OCH3 is 1. The fraction of sp³-hybridized carbons (Fsp3) is 0.533. The second-order valence-corrected chi connectivity index (χ2v) is 4.66. The third kappa shape index (κ3) is 3.40. The lowest BCUT2D eigenvalue weighted by Crippen LogP contribution is -2.28. The van der Waals surface area contributed by atoms with Crippen molar-refractivity contribution in [2.75, 3.05) is 32.2 Å². The summed E-state index contributed by atoms with van der Waals surface area (Å²) in [5.41, 5.74) is 4.32. The van der Waals surface area contributed by atoms with Gasteiger partial charge in [-0.15, -0.1) is 0 Å². The molecule has 1 rings (SSSR count). The van der Waals surface area contributed by atoms with Gasteiger partial charge in [0.2, 0.25) is 0 Å². The van der Waals surface area contributed by atoms with E-state index in [9.17, 15) is 4.79 Å². The molecule has 106 valence electrons. The lowest BCUT2D eigenvalue weighted by atomic mass is 10.0. The maximum atomic E-state index is 11.5. The van der Waals surface area contributed by atoms with Crippen LogP contribution in [0.3, 0.4) is 0 Å². The molecular weight excluding hydrogens is 242 g/mol. The van der Waals surface area contributed by atoms with Crippen molar-refractivity contribution in [3.63, 3.8) is 0 Å². The topological polar surface area (TPSA) is 38.8 Å². The first kappa shape index (κ1) is 15.3. The zero-order valence-electron chi connectivity index (χ0n) is 12.7. The van der Waals surface area contributed by atoms with Gasteiger partial charge in [0.05, 0.1) is 13.7 Å². The molecule has 0 bridgehead atoms. The van der Waals surface area contributed by atoms with Crippen LogP contribution < -0.4 is 9.64 Å². The number of aryl methyl sites for hydroxylation is 1. The van der Waals surface area contributed by atoms with Crippen molar-refractivity contribution < 1.29 is 14.3 Å². The van der Waals surface area contributed by atoms with Gasteiger partial charge in [-0.05, 0) is 50.5 Å². The van der Waals surface area contributed by atoms with Gasteiger partial charge in [-0.2, -0.15) is 0 Å². The number of esters is 1. The molecule has 0 unspecified atom stereocenters. The van der Waals surface area contributed by atoms with Crippen LogP contribution in [0.4, 0.5) is 5.69 Å². The summed E-state index contributed by atoms with van der Waals surface area (Å²) in [7, 11) is 3.57. The summed E-state index contributed by atoms with van der Waals surface area (Å²) in [5.74, 6) is 0.696. The van der Waals surface area contributed by atoms with Crippen molar-refractivity contribution in [3.8, 4) is 5.75 Å². The van der Waals surface area contributed by atoms with Gasteiger partial charge < -0.3 is 14.4 Å². The monoisotopic (exact) mass is 265 g/mol. The molecule has 0 aliphatic rings. The lowest BCUT2D eigenvalue weighted by molar-refractivity contribution is -0.141. The minimum absolute atomic E-state index is 0.212. The highest BCUT2D eigenvalue weighted by Gasteiger charge is 2.15. The first-order chi connectivity index (χ1) is 8.92. The number of anilines is 1. The van der Waals surface area contributed by atoms with Crippen LogP contribution in [-0.2, 0) is 9.53 Å². The van der Waals surface area contributed by atoms with Crippen molar-refractivity contribution in [1.29, 1.82) is 0 Å². The Hall–Kier alpha value is -1.71. The zero-order valence-corrected chi connectivity index (χ0v) is 12.7. The van der Waals surface area contributed by atoms with Gasteiger partial charge in [-0.1, -0.05) is 0 Å². The van der Waals surface area contributed by atoms with Crippen LogP contribution in [0.2, 0.25) is 0 Å². The number of nitrogens with zero attached hydrogens (tertiary/aromatic N) is 1. The van der Waals surface area contributed by atoms with Crippen molar-refractivity contribution in [1.82, 2.24) is 0 Å². The Kier molecular flexibility index (Phi) is 5.21. The summed E-state index contributed by atoms with van der Waals surface area (Å²) in [6.45, 7) is 8.54. The van der Waals surface area contributed by atoms with E-state index in [1.165, 1.54) is 0 Å². The van der Waals surface area contributed by atoms with Gasteiger partial charge in [-0.25, -0.2) is 0 Å². The Morgan fingerprint density at radius 3 is 2.42 bits per heavy atom. The molecule has 19 heavy (non-hydrogen) atoms. The summed E-state index contributed by atoms with van der Waals surface area (Å²) in [6.07, 6.45) is 0. The molecule has 4 nitrogen and oxygen atoms in total. The van der Waals surface area contributed by atoms with Crippen LogP contribution in [0.1, 0.15) is 23.6 Å². The molecule has 0 aliphatic carbocycles. The second kappa shape index (κ2) is 6.45.